The summed E-state index contributed by atoms with van der Waals surface area (Å²) < 4.78 is 17.3. The van der Waals surface area contributed by atoms with Gasteiger partial charge in [-0.3, -0.25) is 9.89 Å². The fraction of sp³-hybridized carbons (Fsp3) is 0.429. The number of amides is 1. The molecule has 1 unspecified atom stereocenters. The number of rotatable bonds is 11. The highest BCUT2D eigenvalue weighted by molar-refractivity contribution is 6.31. The first-order chi connectivity index (χ1) is 17.7. The highest BCUT2D eigenvalue weighted by atomic mass is 35.5. The number of carbonyl (C=O) groups is 1. The van der Waals surface area contributed by atoms with Crippen molar-refractivity contribution >= 4 is 17.5 Å². The molecule has 0 radical (unpaired) electrons. The summed E-state index contributed by atoms with van der Waals surface area (Å²) in [5, 5.41) is 18.4. The molecule has 1 aromatic heterocycles. The maximum absolute atomic E-state index is 13.6. The van der Waals surface area contributed by atoms with Gasteiger partial charge >= 0.3 is 0 Å². The van der Waals surface area contributed by atoms with Gasteiger partial charge in [-0.05, 0) is 62.1 Å². The van der Waals surface area contributed by atoms with Crippen molar-refractivity contribution in [3.05, 3.63) is 58.2 Å². The average Bonchev–Trinajstić information content (AvgIpc) is 3.40. The van der Waals surface area contributed by atoms with E-state index in [0.29, 0.717) is 71.1 Å². The molecule has 0 saturated heterocycles. The fourth-order valence-electron chi connectivity index (χ4n) is 4.46. The molecule has 0 saturated carbocycles. The molecule has 0 fully saturated rings. The van der Waals surface area contributed by atoms with Gasteiger partial charge in [-0.25, -0.2) is 0 Å². The number of aromatic amines is 1. The second-order valence-electron chi connectivity index (χ2n) is 9.81. The van der Waals surface area contributed by atoms with E-state index in [2.05, 4.69) is 24.0 Å². The van der Waals surface area contributed by atoms with E-state index in [1.807, 2.05) is 32.0 Å². The van der Waals surface area contributed by atoms with Crippen LogP contribution in [0.4, 0.5) is 0 Å². The van der Waals surface area contributed by atoms with Gasteiger partial charge in [-0.15, -0.1) is 0 Å². The van der Waals surface area contributed by atoms with Gasteiger partial charge in [0, 0.05) is 29.3 Å². The summed E-state index contributed by atoms with van der Waals surface area (Å²) in [7, 11) is 1.60. The summed E-state index contributed by atoms with van der Waals surface area (Å²) in [6.45, 7) is 9.71. The van der Waals surface area contributed by atoms with Crippen LogP contribution in [0.5, 0.6) is 17.2 Å². The van der Waals surface area contributed by atoms with Crippen molar-refractivity contribution in [3.63, 3.8) is 0 Å². The van der Waals surface area contributed by atoms with Crippen LogP contribution in [0.3, 0.4) is 0 Å². The number of ether oxygens (including phenoxy) is 3. The van der Waals surface area contributed by atoms with Crippen molar-refractivity contribution in [1.29, 1.82) is 0 Å². The number of carbonyl (C=O) groups excluding carboxylic acids is 1. The minimum absolute atomic E-state index is 0.0312. The lowest BCUT2D eigenvalue weighted by atomic mass is 9.95. The summed E-state index contributed by atoms with van der Waals surface area (Å²) in [6, 6.07) is 10.0. The van der Waals surface area contributed by atoms with Crippen molar-refractivity contribution in [3.8, 4) is 28.5 Å². The van der Waals surface area contributed by atoms with Crippen molar-refractivity contribution in [2.75, 3.05) is 26.9 Å². The first-order valence-corrected chi connectivity index (χ1v) is 12.9. The zero-order valence-electron chi connectivity index (χ0n) is 21.9. The first kappa shape index (κ1) is 26.8. The number of halogens is 1. The maximum atomic E-state index is 13.6. The lowest BCUT2D eigenvalue weighted by molar-refractivity contribution is 0.0601. The number of phenols is 1. The van der Waals surface area contributed by atoms with Gasteiger partial charge in [0.25, 0.3) is 5.91 Å². The van der Waals surface area contributed by atoms with E-state index in [1.165, 1.54) is 6.07 Å². The fourth-order valence-corrected chi connectivity index (χ4v) is 4.63. The largest absolute Gasteiger partial charge is 0.507 e. The summed E-state index contributed by atoms with van der Waals surface area (Å²) in [4.78, 5) is 15.4. The molecule has 2 N–H and O–H groups in total. The molecule has 37 heavy (non-hydrogen) atoms. The Hall–Kier alpha value is -3.23. The molecular formula is C28H34ClN3O5. The van der Waals surface area contributed by atoms with E-state index in [1.54, 1.807) is 24.1 Å². The molecule has 0 bridgehead atoms. The van der Waals surface area contributed by atoms with Crippen LogP contribution in [0.2, 0.25) is 5.02 Å². The highest BCUT2D eigenvalue weighted by Gasteiger charge is 2.42. The Kier molecular flexibility index (Phi) is 8.29. The number of methoxy groups -OCH3 is 1. The molecule has 1 atom stereocenters. The minimum atomic E-state index is -0.457. The quantitative estimate of drug-likeness (QED) is 0.304. The summed E-state index contributed by atoms with van der Waals surface area (Å²) in [5.74, 6) is 1.45. The Morgan fingerprint density at radius 1 is 1.14 bits per heavy atom. The standard InChI is InChI=1S/C28H34ClN3O5/c1-16(2)15-37-22-10-7-18(13-23(22)35-5)27-24-25(20-14-19(29)8-9-21(20)33)30-31-26(24)28(34)32(27)11-6-12-36-17(3)4/h7-10,13-14,16-17,27,33H,6,11-12,15H2,1-5H3,(H,30,31). The van der Waals surface area contributed by atoms with E-state index in [4.69, 9.17) is 25.8 Å². The van der Waals surface area contributed by atoms with E-state index >= 15 is 0 Å². The van der Waals surface area contributed by atoms with Gasteiger partial charge in [0.2, 0.25) is 0 Å². The predicted octanol–water partition coefficient (Wildman–Crippen LogP) is 5.84. The third kappa shape index (κ3) is 5.70. The Labute approximate surface area is 222 Å². The molecule has 1 aliphatic rings. The van der Waals surface area contributed by atoms with Crippen LogP contribution < -0.4 is 9.47 Å². The predicted molar refractivity (Wildman–Crippen MR) is 143 cm³/mol. The Morgan fingerprint density at radius 3 is 2.62 bits per heavy atom. The smallest absolute Gasteiger partial charge is 0.273 e. The second kappa shape index (κ2) is 11.4. The summed E-state index contributed by atoms with van der Waals surface area (Å²) >= 11 is 6.24. The number of hydrogen-bond donors (Lipinski definition) is 2. The molecule has 1 amide bonds. The molecule has 9 heteroatoms. The molecule has 2 aromatic carbocycles. The third-order valence-corrected chi connectivity index (χ3v) is 6.38. The maximum Gasteiger partial charge on any atom is 0.273 e. The SMILES string of the molecule is COc1cc(C2c3c(-c4cc(Cl)ccc4O)n[nH]c3C(=O)N2CCCOC(C)C)ccc1OCC(C)C. The number of aromatic hydroxyl groups is 1. The highest BCUT2D eigenvalue weighted by Crippen LogP contribution is 2.46. The average molecular weight is 528 g/mol. The van der Waals surface area contributed by atoms with E-state index < -0.39 is 6.04 Å². The van der Waals surface area contributed by atoms with Gasteiger partial charge < -0.3 is 24.2 Å². The molecule has 1 aliphatic heterocycles. The number of benzene rings is 2. The summed E-state index contributed by atoms with van der Waals surface area (Å²) in [6.07, 6.45) is 0.782. The van der Waals surface area contributed by atoms with Gasteiger partial charge in [0.1, 0.15) is 17.1 Å². The molecule has 2 heterocycles. The van der Waals surface area contributed by atoms with Crippen molar-refractivity contribution < 1.29 is 24.1 Å². The normalized spacial score (nSPS) is 15.1. The number of hydrogen-bond acceptors (Lipinski definition) is 6. The lowest BCUT2D eigenvalue weighted by Crippen LogP contribution is -2.31. The van der Waals surface area contributed by atoms with Crippen molar-refractivity contribution in [2.24, 2.45) is 5.92 Å². The lowest BCUT2D eigenvalue weighted by Gasteiger charge is -2.27. The third-order valence-electron chi connectivity index (χ3n) is 6.15. The Balaban J connectivity index is 1.77. The number of aromatic nitrogens is 2. The van der Waals surface area contributed by atoms with Crippen molar-refractivity contribution in [2.45, 2.75) is 46.3 Å². The van der Waals surface area contributed by atoms with Crippen LogP contribution in [-0.2, 0) is 4.74 Å². The molecule has 8 nitrogen and oxygen atoms in total. The molecule has 0 spiro atoms. The molecular weight excluding hydrogens is 494 g/mol. The molecule has 0 aliphatic carbocycles. The Bertz CT molecular complexity index is 1260. The second-order valence-corrected chi connectivity index (χ2v) is 10.2. The van der Waals surface area contributed by atoms with Gasteiger partial charge in [0.15, 0.2) is 11.5 Å². The minimum Gasteiger partial charge on any atom is -0.507 e. The van der Waals surface area contributed by atoms with Gasteiger partial charge in [-0.2, -0.15) is 5.10 Å². The zero-order valence-corrected chi connectivity index (χ0v) is 22.6. The molecule has 198 valence electrons. The Morgan fingerprint density at radius 2 is 1.92 bits per heavy atom. The van der Waals surface area contributed by atoms with Crippen LogP contribution in [0, 0.1) is 5.92 Å². The first-order valence-electron chi connectivity index (χ1n) is 12.5. The van der Waals surface area contributed by atoms with E-state index in [9.17, 15) is 9.90 Å². The number of phenolic OH excluding ortho intramolecular Hbond substituents is 1. The number of nitrogens with zero attached hydrogens (tertiary/aromatic N) is 2. The van der Waals surface area contributed by atoms with Crippen LogP contribution in [-0.4, -0.2) is 59.1 Å². The van der Waals surface area contributed by atoms with Crippen LogP contribution >= 0.6 is 11.6 Å². The van der Waals surface area contributed by atoms with Crippen LogP contribution in [0.15, 0.2) is 36.4 Å². The van der Waals surface area contributed by atoms with Gasteiger partial charge in [0.05, 0.1) is 25.9 Å². The summed E-state index contributed by atoms with van der Waals surface area (Å²) in [5.41, 5.74) is 2.85. The van der Waals surface area contributed by atoms with Crippen LogP contribution in [0.25, 0.3) is 11.3 Å². The van der Waals surface area contributed by atoms with E-state index in [0.717, 1.165) is 5.56 Å². The monoisotopic (exact) mass is 527 g/mol. The number of fused-ring (bicyclic) bond motifs is 1. The zero-order chi connectivity index (χ0) is 26.7. The van der Waals surface area contributed by atoms with Gasteiger partial charge in [-0.1, -0.05) is 31.5 Å². The van der Waals surface area contributed by atoms with Crippen LogP contribution in [0.1, 0.15) is 61.8 Å². The topological polar surface area (TPSA) is 96.9 Å². The molecule has 3 aromatic rings. The van der Waals surface area contributed by atoms with E-state index in [-0.39, 0.29) is 17.8 Å². The number of H-pyrrole nitrogens is 1. The number of nitrogens with one attached hydrogen (secondary N) is 1. The molecule has 4 rings (SSSR count). The van der Waals surface area contributed by atoms with Crippen molar-refractivity contribution in [1.82, 2.24) is 15.1 Å².